The van der Waals surface area contributed by atoms with E-state index in [4.69, 9.17) is 4.74 Å². The van der Waals surface area contributed by atoms with Crippen LogP contribution in [-0.4, -0.2) is 17.4 Å². The molecule has 1 amide bonds. The lowest BCUT2D eigenvalue weighted by Gasteiger charge is -2.18. The van der Waals surface area contributed by atoms with E-state index in [2.05, 4.69) is 72.8 Å². The van der Waals surface area contributed by atoms with Gasteiger partial charge in [0.1, 0.15) is 12.4 Å². The lowest BCUT2D eigenvalue weighted by atomic mass is 9.87. The highest BCUT2D eigenvalue weighted by Crippen LogP contribution is 2.36. The molecule has 2 N–H and O–H groups in total. The number of carbonyl (C=O) groups is 1. The fourth-order valence-corrected chi connectivity index (χ4v) is 4.45. The van der Waals surface area contributed by atoms with Crippen LogP contribution in [0.5, 0.6) is 5.75 Å². The second-order valence-electron chi connectivity index (χ2n) is 8.74. The van der Waals surface area contributed by atoms with Gasteiger partial charge in [-0.2, -0.15) is 0 Å². The highest BCUT2D eigenvalue weighted by atomic mass is 16.5. The Labute approximate surface area is 202 Å². The van der Waals surface area contributed by atoms with Gasteiger partial charge in [-0.3, -0.25) is 4.79 Å². The second-order valence-corrected chi connectivity index (χ2v) is 8.74. The number of aromatic amines is 1. The Bertz CT molecular complexity index is 1210. The molecule has 4 nitrogen and oxygen atoms in total. The summed E-state index contributed by atoms with van der Waals surface area (Å²) in [6.07, 6.45) is 5.49. The lowest BCUT2D eigenvalue weighted by molar-refractivity contribution is -0.121. The third-order valence-corrected chi connectivity index (χ3v) is 6.34. The molecular formula is C30H34N2O2. The molecule has 4 rings (SSSR count). The molecule has 176 valence electrons. The van der Waals surface area contributed by atoms with E-state index in [-0.39, 0.29) is 11.8 Å². The summed E-state index contributed by atoms with van der Waals surface area (Å²) < 4.78 is 6.10. The fraction of sp³-hybridized carbons (Fsp3) is 0.300. The van der Waals surface area contributed by atoms with Gasteiger partial charge in [-0.25, -0.2) is 0 Å². The molecule has 0 spiro atoms. The fourth-order valence-electron chi connectivity index (χ4n) is 4.45. The van der Waals surface area contributed by atoms with E-state index < -0.39 is 0 Å². The van der Waals surface area contributed by atoms with Gasteiger partial charge in [0.2, 0.25) is 5.91 Å². The van der Waals surface area contributed by atoms with Crippen molar-refractivity contribution in [3.8, 4) is 5.75 Å². The van der Waals surface area contributed by atoms with E-state index in [1.165, 1.54) is 10.9 Å². The molecule has 3 aromatic carbocycles. The predicted octanol–water partition coefficient (Wildman–Crippen LogP) is 6.75. The second kappa shape index (κ2) is 11.6. The summed E-state index contributed by atoms with van der Waals surface area (Å²) in [7, 11) is 0. The maximum atomic E-state index is 12.9. The summed E-state index contributed by atoms with van der Waals surface area (Å²) in [4.78, 5) is 16.4. The number of para-hydroxylation sites is 1. The molecule has 0 aliphatic carbocycles. The molecule has 34 heavy (non-hydrogen) atoms. The minimum atomic E-state index is -0.0669. The molecule has 0 aliphatic heterocycles. The largest absolute Gasteiger partial charge is 0.489 e. The first-order valence-electron chi connectivity index (χ1n) is 12.3. The number of benzene rings is 3. The Morgan fingerprint density at radius 3 is 2.62 bits per heavy atom. The number of carbonyl (C=O) groups excluding carboxylic acids is 1. The van der Waals surface area contributed by atoms with Crippen LogP contribution in [0.25, 0.3) is 10.9 Å². The van der Waals surface area contributed by atoms with Gasteiger partial charge in [-0.15, -0.1) is 0 Å². The minimum Gasteiger partial charge on any atom is -0.489 e. The molecule has 0 radical (unpaired) electrons. The molecule has 1 atom stereocenters. The number of fused-ring (bicyclic) bond motifs is 1. The number of ether oxygens (including phenoxy) is 1. The van der Waals surface area contributed by atoms with Gasteiger partial charge >= 0.3 is 0 Å². The molecule has 0 saturated carbocycles. The average molecular weight is 455 g/mol. The Balaban J connectivity index is 1.64. The molecule has 0 aliphatic rings. The van der Waals surface area contributed by atoms with Crippen LogP contribution in [0.2, 0.25) is 0 Å². The predicted molar refractivity (Wildman–Crippen MR) is 139 cm³/mol. The number of aryl methyl sites for hydroxylation is 1. The summed E-state index contributed by atoms with van der Waals surface area (Å²) >= 11 is 0. The number of amides is 1. The number of rotatable bonds is 11. The van der Waals surface area contributed by atoms with Crippen LogP contribution < -0.4 is 10.1 Å². The average Bonchev–Trinajstić information content (AvgIpc) is 3.31. The minimum absolute atomic E-state index is 0.0669. The van der Waals surface area contributed by atoms with Gasteiger partial charge < -0.3 is 15.0 Å². The maximum Gasteiger partial charge on any atom is 0.220 e. The van der Waals surface area contributed by atoms with Gasteiger partial charge in [0.25, 0.3) is 0 Å². The first kappa shape index (κ1) is 23.6. The third kappa shape index (κ3) is 5.69. The molecule has 1 heterocycles. The summed E-state index contributed by atoms with van der Waals surface area (Å²) in [5.74, 6) is 0.824. The van der Waals surface area contributed by atoms with Gasteiger partial charge in [0, 0.05) is 36.0 Å². The van der Waals surface area contributed by atoms with E-state index in [9.17, 15) is 4.79 Å². The standard InChI is InChI=1S/C30H34N2O2/c1-3-5-17-31-29(33)19-27(28-20-32-30-23(4-2)13-10-16-26(28)30)24-14-9-15-25(18-24)34-21-22-11-7-6-8-12-22/h6-16,18,20,27,32H,3-5,17,19,21H2,1-2H3,(H,31,33). The number of hydrogen-bond acceptors (Lipinski definition) is 2. The van der Waals surface area contributed by atoms with Crippen LogP contribution in [0.1, 0.15) is 61.3 Å². The third-order valence-electron chi connectivity index (χ3n) is 6.34. The van der Waals surface area contributed by atoms with E-state index in [0.717, 1.165) is 53.8 Å². The van der Waals surface area contributed by atoms with E-state index in [1.807, 2.05) is 30.3 Å². The van der Waals surface area contributed by atoms with Gasteiger partial charge in [0.15, 0.2) is 0 Å². The van der Waals surface area contributed by atoms with Crippen LogP contribution in [0.4, 0.5) is 0 Å². The molecule has 4 aromatic rings. The molecule has 0 fully saturated rings. The Morgan fingerprint density at radius 2 is 1.82 bits per heavy atom. The SMILES string of the molecule is CCCCNC(=O)CC(c1cccc(OCc2ccccc2)c1)c1c[nH]c2c(CC)cccc12. The summed E-state index contributed by atoms with van der Waals surface area (Å²) in [5.41, 5.74) is 5.81. The number of hydrogen-bond donors (Lipinski definition) is 2. The molecule has 4 heteroatoms. The molecule has 1 aromatic heterocycles. The molecular weight excluding hydrogens is 420 g/mol. The van der Waals surface area contributed by atoms with E-state index in [1.54, 1.807) is 0 Å². The van der Waals surface area contributed by atoms with Crippen LogP contribution in [-0.2, 0) is 17.8 Å². The normalized spacial score (nSPS) is 11.9. The topological polar surface area (TPSA) is 54.1 Å². The number of H-pyrrole nitrogens is 1. The van der Waals surface area contributed by atoms with Crippen molar-refractivity contribution in [2.75, 3.05) is 6.54 Å². The number of unbranched alkanes of at least 4 members (excludes halogenated alkanes) is 1. The lowest BCUT2D eigenvalue weighted by Crippen LogP contribution is -2.26. The van der Waals surface area contributed by atoms with Crippen molar-refractivity contribution in [3.63, 3.8) is 0 Å². The Hall–Kier alpha value is -3.53. The van der Waals surface area contributed by atoms with Crippen LogP contribution in [0.15, 0.2) is 79.0 Å². The van der Waals surface area contributed by atoms with Gasteiger partial charge in [-0.05, 0) is 47.2 Å². The van der Waals surface area contributed by atoms with Crippen molar-refractivity contribution < 1.29 is 9.53 Å². The van der Waals surface area contributed by atoms with Crippen LogP contribution in [0.3, 0.4) is 0 Å². The van der Waals surface area contributed by atoms with Crippen molar-refractivity contribution in [2.45, 2.75) is 52.1 Å². The summed E-state index contributed by atoms with van der Waals surface area (Å²) in [5, 5.41) is 4.28. The van der Waals surface area contributed by atoms with E-state index >= 15 is 0 Å². The number of nitrogens with one attached hydrogen (secondary N) is 2. The molecule has 0 saturated heterocycles. The number of aromatic nitrogens is 1. The Kier molecular flexibility index (Phi) is 8.03. The Morgan fingerprint density at radius 1 is 1.00 bits per heavy atom. The highest BCUT2D eigenvalue weighted by Gasteiger charge is 2.22. The smallest absolute Gasteiger partial charge is 0.220 e. The van der Waals surface area contributed by atoms with Crippen molar-refractivity contribution in [2.24, 2.45) is 0 Å². The van der Waals surface area contributed by atoms with Crippen molar-refractivity contribution in [3.05, 3.63) is 101 Å². The van der Waals surface area contributed by atoms with Gasteiger partial charge in [0.05, 0.1) is 0 Å². The summed E-state index contributed by atoms with van der Waals surface area (Å²) in [6, 6.07) is 24.8. The van der Waals surface area contributed by atoms with Crippen molar-refractivity contribution in [1.29, 1.82) is 0 Å². The van der Waals surface area contributed by atoms with Gasteiger partial charge in [-0.1, -0.05) is 80.9 Å². The first-order chi connectivity index (χ1) is 16.7. The van der Waals surface area contributed by atoms with E-state index in [0.29, 0.717) is 13.0 Å². The van der Waals surface area contributed by atoms with Crippen molar-refractivity contribution >= 4 is 16.8 Å². The quantitative estimate of drug-likeness (QED) is 0.246. The van der Waals surface area contributed by atoms with Crippen molar-refractivity contribution in [1.82, 2.24) is 10.3 Å². The summed E-state index contributed by atoms with van der Waals surface area (Å²) in [6.45, 7) is 5.53. The molecule has 1 unspecified atom stereocenters. The van der Waals surface area contributed by atoms with Crippen LogP contribution >= 0.6 is 0 Å². The van der Waals surface area contributed by atoms with Crippen LogP contribution in [0, 0.1) is 0 Å². The zero-order chi connectivity index (χ0) is 23.8. The molecule has 0 bridgehead atoms. The monoisotopic (exact) mass is 454 g/mol. The first-order valence-corrected chi connectivity index (χ1v) is 12.3. The highest BCUT2D eigenvalue weighted by molar-refractivity contribution is 5.88. The zero-order valence-corrected chi connectivity index (χ0v) is 20.1. The zero-order valence-electron chi connectivity index (χ0n) is 20.1. The maximum absolute atomic E-state index is 12.9.